The highest BCUT2D eigenvalue weighted by atomic mass is 32.1. The van der Waals surface area contributed by atoms with Gasteiger partial charge in [-0.2, -0.15) is 0 Å². The van der Waals surface area contributed by atoms with E-state index >= 15 is 0 Å². The van der Waals surface area contributed by atoms with Crippen molar-refractivity contribution in [3.8, 4) is 11.5 Å². The molecule has 0 radical (unpaired) electrons. The zero-order valence-corrected chi connectivity index (χ0v) is 15.0. The zero-order valence-electron chi connectivity index (χ0n) is 14.2. The molecular formula is C18H22N2O3S. The first-order chi connectivity index (χ1) is 11.6. The lowest BCUT2D eigenvalue weighted by atomic mass is 10.1. The van der Waals surface area contributed by atoms with Gasteiger partial charge in [0.25, 0.3) is 0 Å². The van der Waals surface area contributed by atoms with Crippen molar-refractivity contribution in [2.75, 3.05) is 26.1 Å². The number of anilines is 1. The standard InChI is InChI=1S/C18H22N2O3S/c1-12(19-15-5-4-14(22-2)10-16(15)23-3)18(21)20-8-6-17-13(11-20)7-9-24-17/h4-5,7,9-10,12,19H,6,8,11H2,1-3H3/t12-/m1/s1. The van der Waals surface area contributed by atoms with E-state index in [0.717, 1.165) is 24.4 Å². The molecule has 3 rings (SSSR count). The first-order valence-electron chi connectivity index (χ1n) is 7.95. The predicted molar refractivity (Wildman–Crippen MR) is 96.1 cm³/mol. The smallest absolute Gasteiger partial charge is 0.245 e. The van der Waals surface area contributed by atoms with E-state index in [1.54, 1.807) is 31.6 Å². The van der Waals surface area contributed by atoms with E-state index in [2.05, 4.69) is 16.8 Å². The Morgan fingerprint density at radius 2 is 2.12 bits per heavy atom. The third kappa shape index (κ3) is 3.33. The normalized spacial score (nSPS) is 14.7. The van der Waals surface area contributed by atoms with Gasteiger partial charge >= 0.3 is 0 Å². The summed E-state index contributed by atoms with van der Waals surface area (Å²) in [4.78, 5) is 16.1. The number of rotatable bonds is 5. The quantitative estimate of drug-likeness (QED) is 0.904. The summed E-state index contributed by atoms with van der Waals surface area (Å²) in [7, 11) is 3.22. The molecule has 1 amide bonds. The molecule has 0 saturated carbocycles. The molecule has 0 spiro atoms. The lowest BCUT2D eigenvalue weighted by Crippen LogP contribution is -2.43. The summed E-state index contributed by atoms with van der Waals surface area (Å²) in [6.07, 6.45) is 0.942. The van der Waals surface area contributed by atoms with Crippen LogP contribution in [-0.2, 0) is 17.8 Å². The molecule has 1 aliphatic rings. The van der Waals surface area contributed by atoms with Gasteiger partial charge in [-0.3, -0.25) is 4.79 Å². The van der Waals surface area contributed by atoms with E-state index in [0.29, 0.717) is 12.3 Å². The summed E-state index contributed by atoms with van der Waals surface area (Å²) in [5.41, 5.74) is 2.06. The summed E-state index contributed by atoms with van der Waals surface area (Å²) in [5.74, 6) is 1.48. The largest absolute Gasteiger partial charge is 0.497 e. The van der Waals surface area contributed by atoms with Gasteiger partial charge in [0.1, 0.15) is 17.5 Å². The monoisotopic (exact) mass is 346 g/mol. The molecule has 0 saturated heterocycles. The van der Waals surface area contributed by atoms with E-state index in [-0.39, 0.29) is 11.9 Å². The summed E-state index contributed by atoms with van der Waals surface area (Å²) in [5, 5.41) is 5.36. The molecule has 2 heterocycles. The third-order valence-corrected chi connectivity index (χ3v) is 5.29. The number of nitrogens with zero attached hydrogens (tertiary/aromatic N) is 1. The average Bonchev–Trinajstić information content (AvgIpc) is 3.08. The highest BCUT2D eigenvalue weighted by molar-refractivity contribution is 7.10. The van der Waals surface area contributed by atoms with Gasteiger partial charge in [-0.05, 0) is 42.5 Å². The molecule has 5 nitrogen and oxygen atoms in total. The van der Waals surface area contributed by atoms with Crippen LogP contribution in [0.4, 0.5) is 5.69 Å². The van der Waals surface area contributed by atoms with E-state index in [9.17, 15) is 4.79 Å². The van der Waals surface area contributed by atoms with Gasteiger partial charge in [0.05, 0.1) is 19.9 Å². The molecule has 1 aliphatic heterocycles. The number of benzene rings is 1. The van der Waals surface area contributed by atoms with Gasteiger partial charge in [-0.15, -0.1) is 11.3 Å². The summed E-state index contributed by atoms with van der Waals surface area (Å²) >= 11 is 1.78. The van der Waals surface area contributed by atoms with E-state index in [4.69, 9.17) is 9.47 Å². The molecule has 0 bridgehead atoms. The fourth-order valence-electron chi connectivity index (χ4n) is 2.92. The predicted octanol–water partition coefficient (Wildman–Crippen LogP) is 3.15. The average molecular weight is 346 g/mol. The molecule has 1 aromatic heterocycles. The maximum Gasteiger partial charge on any atom is 0.245 e. The highest BCUT2D eigenvalue weighted by Crippen LogP contribution is 2.30. The Kier molecular flexibility index (Phi) is 4.94. The summed E-state index contributed by atoms with van der Waals surface area (Å²) in [6.45, 7) is 3.36. The number of methoxy groups -OCH3 is 2. The van der Waals surface area contributed by atoms with Crippen LogP contribution in [0.3, 0.4) is 0 Å². The number of ether oxygens (including phenoxy) is 2. The molecule has 1 aromatic carbocycles. The highest BCUT2D eigenvalue weighted by Gasteiger charge is 2.25. The molecule has 2 aromatic rings. The maximum absolute atomic E-state index is 12.8. The Labute approximate surface area is 146 Å². The minimum Gasteiger partial charge on any atom is -0.497 e. The van der Waals surface area contributed by atoms with Crippen LogP contribution in [0.15, 0.2) is 29.6 Å². The Bertz CT molecular complexity index is 729. The van der Waals surface area contributed by atoms with Gasteiger partial charge in [-0.1, -0.05) is 0 Å². The first kappa shape index (κ1) is 16.6. The topological polar surface area (TPSA) is 50.8 Å². The molecule has 1 N–H and O–H groups in total. The molecule has 0 unspecified atom stereocenters. The van der Waals surface area contributed by atoms with Gasteiger partial charge < -0.3 is 19.7 Å². The summed E-state index contributed by atoms with van der Waals surface area (Å²) in [6, 6.07) is 7.31. The number of fused-ring (bicyclic) bond motifs is 1. The Morgan fingerprint density at radius 3 is 2.88 bits per heavy atom. The van der Waals surface area contributed by atoms with Gasteiger partial charge in [0, 0.05) is 24.0 Å². The SMILES string of the molecule is COc1ccc(N[C@H](C)C(=O)N2CCc3sccc3C2)c(OC)c1. The molecular weight excluding hydrogens is 324 g/mol. The third-order valence-electron chi connectivity index (χ3n) is 4.27. The zero-order chi connectivity index (χ0) is 17.1. The Balaban J connectivity index is 1.69. The number of nitrogens with one attached hydrogen (secondary N) is 1. The van der Waals surface area contributed by atoms with E-state index in [1.807, 2.05) is 24.0 Å². The van der Waals surface area contributed by atoms with Gasteiger partial charge in [-0.25, -0.2) is 0 Å². The van der Waals surface area contributed by atoms with Crippen LogP contribution in [0.1, 0.15) is 17.4 Å². The van der Waals surface area contributed by atoms with Crippen LogP contribution in [-0.4, -0.2) is 37.6 Å². The van der Waals surface area contributed by atoms with Crippen molar-refractivity contribution in [2.24, 2.45) is 0 Å². The second-order valence-corrected chi connectivity index (χ2v) is 6.81. The molecule has 24 heavy (non-hydrogen) atoms. The van der Waals surface area contributed by atoms with Crippen molar-refractivity contribution in [2.45, 2.75) is 25.9 Å². The second-order valence-electron chi connectivity index (χ2n) is 5.81. The number of hydrogen-bond donors (Lipinski definition) is 1. The van der Waals surface area contributed by atoms with Crippen LogP contribution in [0, 0.1) is 0 Å². The van der Waals surface area contributed by atoms with Crippen molar-refractivity contribution >= 4 is 22.9 Å². The van der Waals surface area contributed by atoms with Gasteiger partial charge in [0.2, 0.25) is 5.91 Å². The summed E-state index contributed by atoms with van der Waals surface area (Å²) < 4.78 is 10.6. The van der Waals surface area contributed by atoms with Crippen LogP contribution < -0.4 is 14.8 Å². The number of carbonyl (C=O) groups excluding carboxylic acids is 1. The molecule has 128 valence electrons. The van der Waals surface area contributed by atoms with Crippen molar-refractivity contribution in [1.29, 1.82) is 0 Å². The minimum absolute atomic E-state index is 0.102. The second kappa shape index (κ2) is 7.13. The van der Waals surface area contributed by atoms with Crippen molar-refractivity contribution in [3.05, 3.63) is 40.1 Å². The number of hydrogen-bond acceptors (Lipinski definition) is 5. The fourth-order valence-corrected chi connectivity index (χ4v) is 3.81. The van der Waals surface area contributed by atoms with Crippen LogP contribution in [0.2, 0.25) is 0 Å². The number of thiophene rings is 1. The van der Waals surface area contributed by atoms with Crippen LogP contribution in [0.5, 0.6) is 11.5 Å². The Hall–Kier alpha value is -2.21. The Morgan fingerprint density at radius 1 is 1.29 bits per heavy atom. The maximum atomic E-state index is 12.8. The lowest BCUT2D eigenvalue weighted by molar-refractivity contribution is -0.132. The lowest BCUT2D eigenvalue weighted by Gasteiger charge is -2.30. The van der Waals surface area contributed by atoms with E-state index < -0.39 is 0 Å². The number of carbonyl (C=O) groups is 1. The van der Waals surface area contributed by atoms with Crippen molar-refractivity contribution in [1.82, 2.24) is 4.90 Å². The molecule has 0 aliphatic carbocycles. The fraction of sp³-hybridized carbons (Fsp3) is 0.389. The van der Waals surface area contributed by atoms with Crippen LogP contribution in [0.25, 0.3) is 0 Å². The van der Waals surface area contributed by atoms with E-state index in [1.165, 1.54) is 10.4 Å². The van der Waals surface area contributed by atoms with Gasteiger partial charge in [0.15, 0.2) is 0 Å². The molecule has 0 fully saturated rings. The van der Waals surface area contributed by atoms with Crippen molar-refractivity contribution in [3.63, 3.8) is 0 Å². The molecule has 6 heteroatoms. The minimum atomic E-state index is -0.326. The van der Waals surface area contributed by atoms with Crippen molar-refractivity contribution < 1.29 is 14.3 Å². The first-order valence-corrected chi connectivity index (χ1v) is 8.83. The number of amides is 1. The van der Waals surface area contributed by atoms with Crippen LogP contribution >= 0.6 is 11.3 Å². The molecule has 1 atom stereocenters.